The zero-order valence-electron chi connectivity index (χ0n) is 7.62. The van der Waals surface area contributed by atoms with E-state index in [4.69, 9.17) is 0 Å². The Morgan fingerprint density at radius 1 is 1.38 bits per heavy atom. The number of aldehydes is 1. The van der Waals surface area contributed by atoms with Crippen molar-refractivity contribution in [3.05, 3.63) is 35.4 Å². The summed E-state index contributed by atoms with van der Waals surface area (Å²) in [6, 6.07) is 7.71. The lowest BCUT2D eigenvalue weighted by atomic mass is 10.0. The van der Waals surface area contributed by atoms with Crippen LogP contribution in [0.2, 0.25) is 0 Å². The van der Waals surface area contributed by atoms with Gasteiger partial charge < -0.3 is 4.79 Å². The fraction of sp³-hybridized carbons (Fsp3) is 0.273. The van der Waals surface area contributed by atoms with Crippen LogP contribution in [-0.2, 0) is 16.0 Å². The molecule has 68 valence electrons. The minimum Gasteiger partial charge on any atom is -0.303 e. The standard InChI is InChI=1S/C11H12O2/c1-9-4-2-3-5-10(9)8-11(13)6-7-12/h2-5,7H,6,8H2,1H3. The maximum absolute atomic E-state index is 11.1. The summed E-state index contributed by atoms with van der Waals surface area (Å²) < 4.78 is 0. The van der Waals surface area contributed by atoms with Gasteiger partial charge in [-0.3, -0.25) is 4.79 Å². The Balaban J connectivity index is 2.68. The quantitative estimate of drug-likeness (QED) is 0.517. The van der Waals surface area contributed by atoms with E-state index in [1.165, 1.54) is 0 Å². The molecule has 0 aliphatic heterocycles. The molecule has 0 unspecified atom stereocenters. The molecule has 0 atom stereocenters. The fourth-order valence-corrected chi connectivity index (χ4v) is 1.19. The number of benzene rings is 1. The molecule has 0 aliphatic carbocycles. The van der Waals surface area contributed by atoms with Crippen molar-refractivity contribution in [1.29, 1.82) is 0 Å². The summed E-state index contributed by atoms with van der Waals surface area (Å²) in [7, 11) is 0. The summed E-state index contributed by atoms with van der Waals surface area (Å²) in [6.45, 7) is 1.96. The van der Waals surface area contributed by atoms with E-state index in [0.717, 1.165) is 11.1 Å². The Bertz CT molecular complexity index is 316. The molecular formula is C11H12O2. The first-order valence-corrected chi connectivity index (χ1v) is 4.24. The number of hydrogen-bond acceptors (Lipinski definition) is 2. The summed E-state index contributed by atoms with van der Waals surface area (Å²) in [5.74, 6) is -0.0238. The summed E-state index contributed by atoms with van der Waals surface area (Å²) >= 11 is 0. The third-order valence-corrected chi connectivity index (χ3v) is 1.96. The minimum atomic E-state index is -0.0238. The molecule has 0 N–H and O–H groups in total. The Kier molecular flexibility index (Phi) is 3.38. The van der Waals surface area contributed by atoms with Crippen LogP contribution in [0.3, 0.4) is 0 Å². The van der Waals surface area contributed by atoms with E-state index in [1.807, 2.05) is 31.2 Å². The molecule has 0 spiro atoms. The molecule has 0 saturated carbocycles. The molecule has 0 aliphatic rings. The van der Waals surface area contributed by atoms with Crippen LogP contribution in [0.4, 0.5) is 0 Å². The van der Waals surface area contributed by atoms with Crippen molar-refractivity contribution < 1.29 is 9.59 Å². The molecule has 13 heavy (non-hydrogen) atoms. The van der Waals surface area contributed by atoms with Crippen molar-refractivity contribution in [2.45, 2.75) is 19.8 Å². The SMILES string of the molecule is Cc1ccccc1CC(=O)CC=O. The van der Waals surface area contributed by atoms with Crippen LogP contribution in [0.5, 0.6) is 0 Å². The third kappa shape index (κ3) is 2.82. The lowest BCUT2D eigenvalue weighted by molar-refractivity contribution is -0.121. The molecule has 0 radical (unpaired) electrons. The number of ketones is 1. The predicted molar refractivity (Wildman–Crippen MR) is 50.6 cm³/mol. The first-order chi connectivity index (χ1) is 6.24. The molecule has 2 heteroatoms. The topological polar surface area (TPSA) is 34.1 Å². The first-order valence-electron chi connectivity index (χ1n) is 4.24. The molecule has 1 rings (SSSR count). The summed E-state index contributed by atoms with van der Waals surface area (Å²) in [5, 5.41) is 0. The van der Waals surface area contributed by atoms with Gasteiger partial charge >= 0.3 is 0 Å². The number of carbonyl (C=O) groups excluding carboxylic acids is 2. The number of rotatable bonds is 4. The van der Waals surface area contributed by atoms with E-state index in [1.54, 1.807) is 0 Å². The third-order valence-electron chi connectivity index (χ3n) is 1.96. The maximum Gasteiger partial charge on any atom is 0.144 e. The van der Waals surface area contributed by atoms with Gasteiger partial charge in [-0.25, -0.2) is 0 Å². The second-order valence-corrected chi connectivity index (χ2v) is 3.01. The van der Waals surface area contributed by atoms with Gasteiger partial charge in [-0.2, -0.15) is 0 Å². The first kappa shape index (κ1) is 9.65. The van der Waals surface area contributed by atoms with Gasteiger partial charge in [0.1, 0.15) is 12.1 Å². The lowest BCUT2D eigenvalue weighted by Crippen LogP contribution is -2.04. The molecule has 0 bridgehead atoms. The van der Waals surface area contributed by atoms with Crippen molar-refractivity contribution in [2.24, 2.45) is 0 Å². The normalized spacial score (nSPS) is 9.62. The largest absolute Gasteiger partial charge is 0.303 e. The Labute approximate surface area is 77.6 Å². The summed E-state index contributed by atoms with van der Waals surface area (Å²) in [5.41, 5.74) is 2.11. The maximum atomic E-state index is 11.1. The van der Waals surface area contributed by atoms with Crippen LogP contribution in [0.1, 0.15) is 17.5 Å². The van der Waals surface area contributed by atoms with Crippen LogP contribution in [0.25, 0.3) is 0 Å². The minimum absolute atomic E-state index is 0.0222. The highest BCUT2D eigenvalue weighted by molar-refractivity contribution is 5.91. The van der Waals surface area contributed by atoms with Gasteiger partial charge in [0.25, 0.3) is 0 Å². The van der Waals surface area contributed by atoms with Crippen molar-refractivity contribution in [2.75, 3.05) is 0 Å². The van der Waals surface area contributed by atoms with Crippen LogP contribution in [-0.4, -0.2) is 12.1 Å². The second kappa shape index (κ2) is 4.55. The number of aryl methyl sites for hydroxylation is 1. The predicted octanol–water partition coefficient (Wildman–Crippen LogP) is 1.70. The molecule has 0 amide bonds. The van der Waals surface area contributed by atoms with E-state index >= 15 is 0 Å². The van der Waals surface area contributed by atoms with Crippen LogP contribution in [0.15, 0.2) is 24.3 Å². The zero-order valence-corrected chi connectivity index (χ0v) is 7.62. The van der Waals surface area contributed by atoms with E-state index in [9.17, 15) is 9.59 Å². The average Bonchev–Trinajstić information content (AvgIpc) is 2.09. The molecule has 1 aromatic carbocycles. The van der Waals surface area contributed by atoms with Gasteiger partial charge in [0.15, 0.2) is 0 Å². The monoisotopic (exact) mass is 176 g/mol. The highest BCUT2D eigenvalue weighted by Crippen LogP contribution is 2.08. The number of Topliss-reactive ketones (excluding diaryl/α,β-unsaturated/α-hetero) is 1. The molecule has 0 saturated heterocycles. The number of hydrogen-bond donors (Lipinski definition) is 0. The van der Waals surface area contributed by atoms with Gasteiger partial charge in [-0.15, -0.1) is 0 Å². The van der Waals surface area contributed by atoms with Crippen LogP contribution >= 0.6 is 0 Å². The molecule has 0 aromatic heterocycles. The van der Waals surface area contributed by atoms with Gasteiger partial charge in [0.05, 0.1) is 6.42 Å². The van der Waals surface area contributed by atoms with Crippen LogP contribution in [0, 0.1) is 6.92 Å². The molecule has 2 nitrogen and oxygen atoms in total. The van der Waals surface area contributed by atoms with Crippen molar-refractivity contribution in [3.63, 3.8) is 0 Å². The Morgan fingerprint density at radius 2 is 2.08 bits per heavy atom. The second-order valence-electron chi connectivity index (χ2n) is 3.01. The average molecular weight is 176 g/mol. The zero-order chi connectivity index (χ0) is 9.68. The Hall–Kier alpha value is -1.44. The van der Waals surface area contributed by atoms with Gasteiger partial charge in [-0.05, 0) is 18.1 Å². The van der Waals surface area contributed by atoms with Gasteiger partial charge in [0, 0.05) is 6.42 Å². The van der Waals surface area contributed by atoms with E-state index < -0.39 is 0 Å². The van der Waals surface area contributed by atoms with E-state index in [0.29, 0.717) is 12.7 Å². The fourth-order valence-electron chi connectivity index (χ4n) is 1.19. The smallest absolute Gasteiger partial charge is 0.144 e. The van der Waals surface area contributed by atoms with Crippen LogP contribution < -0.4 is 0 Å². The Morgan fingerprint density at radius 3 is 2.69 bits per heavy atom. The summed E-state index contributed by atoms with van der Waals surface area (Å²) in [6.07, 6.45) is 1.04. The molecule has 1 aromatic rings. The molecule has 0 heterocycles. The number of carbonyl (C=O) groups is 2. The van der Waals surface area contributed by atoms with E-state index in [2.05, 4.69) is 0 Å². The van der Waals surface area contributed by atoms with Crippen molar-refractivity contribution >= 4 is 12.1 Å². The van der Waals surface area contributed by atoms with Crippen molar-refractivity contribution in [1.82, 2.24) is 0 Å². The highest BCUT2D eigenvalue weighted by Gasteiger charge is 2.04. The summed E-state index contributed by atoms with van der Waals surface area (Å²) in [4.78, 5) is 21.2. The van der Waals surface area contributed by atoms with E-state index in [-0.39, 0.29) is 12.2 Å². The highest BCUT2D eigenvalue weighted by atomic mass is 16.1. The lowest BCUT2D eigenvalue weighted by Gasteiger charge is -2.02. The molecule has 0 fully saturated rings. The van der Waals surface area contributed by atoms with Gasteiger partial charge in [0.2, 0.25) is 0 Å². The molecular weight excluding hydrogens is 164 g/mol. The van der Waals surface area contributed by atoms with Crippen molar-refractivity contribution in [3.8, 4) is 0 Å². The van der Waals surface area contributed by atoms with Gasteiger partial charge in [-0.1, -0.05) is 24.3 Å².